The number of amides is 1. The van der Waals surface area contributed by atoms with Crippen molar-refractivity contribution in [3.63, 3.8) is 0 Å². The highest BCUT2D eigenvalue weighted by Gasteiger charge is 2.17. The number of carbonyl (C=O) groups excluding carboxylic acids is 1. The van der Waals surface area contributed by atoms with Crippen molar-refractivity contribution in [3.05, 3.63) is 21.6 Å². The van der Waals surface area contributed by atoms with Crippen molar-refractivity contribution < 1.29 is 4.79 Å². The minimum atomic E-state index is -0.115. The highest BCUT2D eigenvalue weighted by Crippen LogP contribution is 2.13. The molecule has 1 amide bonds. The van der Waals surface area contributed by atoms with Gasteiger partial charge in [-0.15, -0.1) is 0 Å². The number of thioether (sulfide) groups is 1. The van der Waals surface area contributed by atoms with Crippen LogP contribution in [0.25, 0.3) is 0 Å². The van der Waals surface area contributed by atoms with E-state index in [1.54, 1.807) is 0 Å². The lowest BCUT2D eigenvalue weighted by Gasteiger charge is -2.20. The van der Waals surface area contributed by atoms with Crippen LogP contribution in [0.3, 0.4) is 0 Å². The molecule has 116 valence electrons. The number of aromatic nitrogens is 2. The Kier molecular flexibility index (Phi) is 5.85. The lowest BCUT2D eigenvalue weighted by Crippen LogP contribution is -2.32. The molecule has 0 aromatic carbocycles. The Morgan fingerprint density at radius 1 is 1.29 bits per heavy atom. The van der Waals surface area contributed by atoms with E-state index < -0.39 is 0 Å². The predicted molar refractivity (Wildman–Crippen MR) is 84.7 cm³/mol. The summed E-state index contributed by atoms with van der Waals surface area (Å²) >= 11 is 1.41. The number of nitrogens with zero attached hydrogens (tertiary/aromatic N) is 2. The summed E-state index contributed by atoms with van der Waals surface area (Å²) in [6, 6.07) is 0. The molecule has 2 heterocycles. The molecule has 0 aliphatic carbocycles. The molecule has 1 aromatic rings. The van der Waals surface area contributed by atoms with Crippen LogP contribution in [-0.2, 0) is 11.2 Å². The first-order chi connectivity index (χ1) is 10.1. The zero-order valence-corrected chi connectivity index (χ0v) is 13.6. The Morgan fingerprint density at radius 3 is 2.52 bits per heavy atom. The van der Waals surface area contributed by atoms with Crippen molar-refractivity contribution in [2.45, 2.75) is 50.6 Å². The summed E-state index contributed by atoms with van der Waals surface area (Å²) in [5, 5.41) is 0.625. The van der Waals surface area contributed by atoms with Gasteiger partial charge in [0.05, 0.1) is 0 Å². The Morgan fingerprint density at radius 2 is 1.95 bits per heavy atom. The van der Waals surface area contributed by atoms with E-state index in [9.17, 15) is 9.59 Å². The fraction of sp³-hybridized carbons (Fsp3) is 0.667. The maximum Gasteiger partial charge on any atom is 0.254 e. The van der Waals surface area contributed by atoms with Crippen LogP contribution in [0.2, 0.25) is 0 Å². The van der Waals surface area contributed by atoms with Gasteiger partial charge in [0.15, 0.2) is 5.16 Å². The number of rotatable bonds is 4. The fourth-order valence-electron chi connectivity index (χ4n) is 2.69. The normalized spacial score (nSPS) is 15.8. The Hall–Kier alpha value is -1.30. The molecule has 0 saturated carbocycles. The van der Waals surface area contributed by atoms with Crippen molar-refractivity contribution in [1.82, 2.24) is 14.9 Å². The van der Waals surface area contributed by atoms with Crippen LogP contribution in [0, 0.1) is 6.92 Å². The number of likely N-dealkylation sites (tertiary alicyclic amines) is 1. The van der Waals surface area contributed by atoms with E-state index in [1.165, 1.54) is 24.6 Å². The summed E-state index contributed by atoms with van der Waals surface area (Å²) in [6.45, 7) is 3.55. The highest BCUT2D eigenvalue weighted by molar-refractivity contribution is 7.98. The van der Waals surface area contributed by atoms with Gasteiger partial charge in [-0.2, -0.15) is 0 Å². The van der Waals surface area contributed by atoms with Crippen molar-refractivity contribution in [2.75, 3.05) is 19.3 Å². The van der Waals surface area contributed by atoms with E-state index in [0.29, 0.717) is 23.6 Å². The van der Waals surface area contributed by atoms with Crippen LogP contribution < -0.4 is 5.56 Å². The lowest BCUT2D eigenvalue weighted by molar-refractivity contribution is -0.131. The topological polar surface area (TPSA) is 66.1 Å². The van der Waals surface area contributed by atoms with Gasteiger partial charge in [-0.3, -0.25) is 9.59 Å². The maximum atomic E-state index is 12.3. The molecule has 21 heavy (non-hydrogen) atoms. The third-order valence-corrected chi connectivity index (χ3v) is 4.52. The molecule has 1 aliphatic rings. The zero-order valence-electron chi connectivity index (χ0n) is 12.8. The molecule has 1 saturated heterocycles. The molecule has 1 aliphatic heterocycles. The minimum Gasteiger partial charge on any atom is -0.343 e. The van der Waals surface area contributed by atoms with Gasteiger partial charge < -0.3 is 9.88 Å². The number of carbonyl (C=O) groups is 1. The number of aromatic amines is 1. The number of nitrogens with one attached hydrogen (secondary N) is 1. The molecule has 0 unspecified atom stereocenters. The molecule has 0 spiro atoms. The van der Waals surface area contributed by atoms with Crippen molar-refractivity contribution >= 4 is 17.7 Å². The third-order valence-electron chi connectivity index (χ3n) is 3.94. The summed E-state index contributed by atoms with van der Waals surface area (Å²) in [5.41, 5.74) is 1.25. The molecule has 6 heteroatoms. The quantitative estimate of drug-likeness (QED) is 0.683. The Labute approximate surface area is 129 Å². The molecule has 5 nitrogen and oxygen atoms in total. The molecule has 1 fully saturated rings. The molecule has 0 radical (unpaired) electrons. The van der Waals surface area contributed by atoms with Crippen LogP contribution in [0.4, 0.5) is 0 Å². The largest absolute Gasteiger partial charge is 0.343 e. The monoisotopic (exact) mass is 309 g/mol. The van der Waals surface area contributed by atoms with Crippen LogP contribution in [0.1, 0.15) is 43.4 Å². The van der Waals surface area contributed by atoms with E-state index in [-0.39, 0.29) is 11.5 Å². The zero-order chi connectivity index (χ0) is 15.2. The minimum absolute atomic E-state index is 0.115. The van der Waals surface area contributed by atoms with Gasteiger partial charge in [-0.25, -0.2) is 4.98 Å². The number of hydrogen-bond acceptors (Lipinski definition) is 4. The molecular formula is C15H23N3O2S. The van der Waals surface area contributed by atoms with Gasteiger partial charge in [0, 0.05) is 30.8 Å². The van der Waals surface area contributed by atoms with E-state index in [2.05, 4.69) is 9.97 Å². The van der Waals surface area contributed by atoms with Crippen LogP contribution >= 0.6 is 11.8 Å². The maximum absolute atomic E-state index is 12.3. The van der Waals surface area contributed by atoms with Gasteiger partial charge in [0.2, 0.25) is 5.91 Å². The average Bonchev–Trinajstić information content (AvgIpc) is 2.75. The number of H-pyrrole nitrogens is 1. The second kappa shape index (κ2) is 7.64. The second-order valence-electron chi connectivity index (χ2n) is 5.43. The molecular weight excluding hydrogens is 286 g/mol. The van der Waals surface area contributed by atoms with Crippen LogP contribution in [0.5, 0.6) is 0 Å². The standard InChI is InChI=1S/C15H23N3O2S/c1-11-12(14(20)17-15(16-11)21-2)7-8-13(19)18-9-5-3-4-6-10-18/h3-10H2,1-2H3,(H,16,17,20). The first-order valence-corrected chi connectivity index (χ1v) is 8.76. The third kappa shape index (κ3) is 4.33. The van der Waals surface area contributed by atoms with Gasteiger partial charge in [-0.05, 0) is 32.4 Å². The number of aryl methyl sites for hydroxylation is 1. The SMILES string of the molecule is CSc1nc(C)c(CCC(=O)N2CCCCCC2)c(=O)[nH]1. The van der Waals surface area contributed by atoms with Gasteiger partial charge in [0.25, 0.3) is 5.56 Å². The Bertz CT molecular complexity index is 548. The predicted octanol–water partition coefficient (Wildman–Crippen LogP) is 2.14. The van der Waals surface area contributed by atoms with E-state index in [4.69, 9.17) is 0 Å². The Balaban J connectivity index is 1.99. The van der Waals surface area contributed by atoms with Crippen molar-refractivity contribution in [3.8, 4) is 0 Å². The van der Waals surface area contributed by atoms with Gasteiger partial charge >= 0.3 is 0 Å². The summed E-state index contributed by atoms with van der Waals surface area (Å²) in [5.74, 6) is 0.157. The first-order valence-electron chi connectivity index (χ1n) is 7.53. The fourth-order valence-corrected chi connectivity index (χ4v) is 3.11. The molecule has 0 bridgehead atoms. The van der Waals surface area contributed by atoms with E-state index in [1.807, 2.05) is 18.1 Å². The summed E-state index contributed by atoms with van der Waals surface area (Å²) < 4.78 is 0. The average molecular weight is 309 g/mol. The first kappa shape index (κ1) is 16.1. The van der Waals surface area contributed by atoms with Crippen LogP contribution in [-0.4, -0.2) is 40.1 Å². The number of hydrogen-bond donors (Lipinski definition) is 1. The summed E-state index contributed by atoms with van der Waals surface area (Å²) in [7, 11) is 0. The lowest BCUT2D eigenvalue weighted by atomic mass is 10.1. The molecule has 0 atom stereocenters. The van der Waals surface area contributed by atoms with E-state index in [0.717, 1.165) is 31.6 Å². The van der Waals surface area contributed by atoms with Gasteiger partial charge in [-0.1, -0.05) is 24.6 Å². The summed E-state index contributed by atoms with van der Waals surface area (Å²) in [4.78, 5) is 33.3. The molecule has 1 aromatic heterocycles. The highest BCUT2D eigenvalue weighted by atomic mass is 32.2. The van der Waals surface area contributed by atoms with Crippen molar-refractivity contribution in [1.29, 1.82) is 0 Å². The smallest absolute Gasteiger partial charge is 0.254 e. The van der Waals surface area contributed by atoms with E-state index >= 15 is 0 Å². The van der Waals surface area contributed by atoms with Gasteiger partial charge in [0.1, 0.15) is 0 Å². The molecule has 2 rings (SSSR count). The van der Waals surface area contributed by atoms with Crippen LogP contribution in [0.15, 0.2) is 9.95 Å². The molecule has 1 N–H and O–H groups in total. The van der Waals surface area contributed by atoms with Crippen molar-refractivity contribution in [2.24, 2.45) is 0 Å². The second-order valence-corrected chi connectivity index (χ2v) is 6.23. The summed E-state index contributed by atoms with van der Waals surface area (Å²) in [6.07, 6.45) is 7.35.